The first-order valence-corrected chi connectivity index (χ1v) is 17.1. The van der Waals surface area contributed by atoms with Crippen LogP contribution in [0.15, 0.2) is 109 Å². The van der Waals surface area contributed by atoms with Gasteiger partial charge in [0.2, 0.25) is 6.04 Å². The number of carbonyl (C=O) groups excluding carboxylic acids is 1. The second-order valence-corrected chi connectivity index (χ2v) is 15.1. The van der Waals surface area contributed by atoms with Crippen LogP contribution in [0.4, 0.5) is 11.4 Å². The Hall–Kier alpha value is -4.47. The maximum Gasteiger partial charge on any atom is 0.286 e. The Labute approximate surface area is 281 Å². The maximum absolute atomic E-state index is 14.9. The Morgan fingerprint density at radius 3 is 2.11 bits per heavy atom. The van der Waals surface area contributed by atoms with Crippen molar-refractivity contribution in [3.8, 4) is 5.75 Å². The molecule has 7 rings (SSSR count). The van der Waals surface area contributed by atoms with E-state index in [1.54, 1.807) is 7.11 Å². The van der Waals surface area contributed by atoms with Crippen LogP contribution < -0.4 is 9.22 Å². The molecule has 2 unspecified atom stereocenters. The number of quaternary nitrogens is 1. The number of methoxy groups -OCH3 is 1. The lowest BCUT2D eigenvalue weighted by atomic mass is 9.91. The highest BCUT2D eigenvalue weighted by Crippen LogP contribution is 2.61. The molecule has 4 aromatic carbocycles. The van der Waals surface area contributed by atoms with Gasteiger partial charge in [0, 0.05) is 15.9 Å². The Balaban J connectivity index is 1.31. The summed E-state index contributed by atoms with van der Waals surface area (Å²) in [5.41, 5.74) is 5.65. The topological polar surface area (TPSA) is 73.1 Å². The molecule has 2 saturated heterocycles. The molecule has 8 nitrogen and oxygen atoms in total. The van der Waals surface area contributed by atoms with E-state index >= 15 is 0 Å². The van der Waals surface area contributed by atoms with Gasteiger partial charge in [-0.05, 0) is 66.1 Å². The van der Waals surface area contributed by atoms with Gasteiger partial charge in [-0.2, -0.15) is 0 Å². The minimum Gasteiger partial charge on any atom is -0.496 e. The Kier molecular flexibility index (Phi) is 8.14. The van der Waals surface area contributed by atoms with Crippen molar-refractivity contribution >= 4 is 29.0 Å². The lowest BCUT2D eigenvalue weighted by Crippen LogP contribution is -2.74. The molecular formula is C38H41N6O2S+. The van der Waals surface area contributed by atoms with Crippen molar-refractivity contribution in [2.45, 2.75) is 68.9 Å². The smallest absolute Gasteiger partial charge is 0.286 e. The predicted octanol–water partition coefficient (Wildman–Crippen LogP) is 7.50. The highest BCUT2D eigenvalue weighted by Gasteiger charge is 2.70. The van der Waals surface area contributed by atoms with Crippen LogP contribution in [0.2, 0.25) is 0 Å². The third kappa shape index (κ3) is 5.31. The van der Waals surface area contributed by atoms with Gasteiger partial charge in [0.1, 0.15) is 35.1 Å². The normalized spacial score (nSPS) is 20.3. The van der Waals surface area contributed by atoms with Crippen LogP contribution in [0, 0.1) is 0 Å². The molecular weight excluding hydrogens is 605 g/mol. The molecule has 5 aromatic rings. The number of hydrogen-bond donors (Lipinski definition) is 0. The number of carbonyl (C=O) groups is 1. The second-order valence-electron chi connectivity index (χ2n) is 13.3. The number of benzene rings is 4. The molecule has 2 fully saturated rings. The standard InChI is InChI=1S/C38H41N6O2S/c1-26(2)28-22-20-27(21-23-28)25-44(30-15-8-6-9-16-30,31-17-10-7-11-18-31)33-36(45)43-34(38(3,4)47-37(33)43)35-39-40-41-42(35)24-29-14-12-13-19-32(29)46-5/h6-23,26,33-34,37H,24-25H2,1-5H3/q+1/t33?,34?,37-/m0/s1. The molecule has 2 aliphatic rings. The number of tetrazole rings is 1. The van der Waals surface area contributed by atoms with Gasteiger partial charge in [-0.3, -0.25) is 4.79 Å². The van der Waals surface area contributed by atoms with Crippen LogP contribution in [0.3, 0.4) is 0 Å². The molecule has 1 aromatic heterocycles. The van der Waals surface area contributed by atoms with E-state index in [1.807, 2.05) is 57.7 Å². The summed E-state index contributed by atoms with van der Waals surface area (Å²) >= 11 is 1.85. The van der Waals surface area contributed by atoms with Crippen molar-refractivity contribution in [1.82, 2.24) is 29.6 Å². The van der Waals surface area contributed by atoms with Crippen molar-refractivity contribution < 1.29 is 9.53 Å². The van der Waals surface area contributed by atoms with Crippen molar-refractivity contribution in [3.05, 3.63) is 132 Å². The predicted molar refractivity (Wildman–Crippen MR) is 187 cm³/mol. The molecule has 1 amide bonds. The summed E-state index contributed by atoms with van der Waals surface area (Å²) in [5, 5.41) is 12.9. The Bertz CT molecular complexity index is 1820. The quantitative estimate of drug-likeness (QED) is 0.116. The van der Waals surface area contributed by atoms with Gasteiger partial charge in [0.05, 0.1) is 13.7 Å². The summed E-state index contributed by atoms with van der Waals surface area (Å²) in [6.07, 6.45) is 0. The van der Waals surface area contributed by atoms with Crippen molar-refractivity contribution in [1.29, 1.82) is 0 Å². The zero-order valence-corrected chi connectivity index (χ0v) is 28.3. The molecule has 240 valence electrons. The molecule has 0 aliphatic carbocycles. The molecule has 2 aliphatic heterocycles. The number of β-lactam (4-membered cyclic amide) rings is 1. The van der Waals surface area contributed by atoms with E-state index in [4.69, 9.17) is 4.74 Å². The fourth-order valence-corrected chi connectivity index (χ4v) is 9.13. The number of hydrogen-bond acceptors (Lipinski definition) is 6. The first-order valence-electron chi connectivity index (χ1n) is 16.2. The first kappa shape index (κ1) is 31.1. The van der Waals surface area contributed by atoms with E-state index in [0.29, 0.717) is 29.3 Å². The minimum atomic E-state index is -0.350. The summed E-state index contributed by atoms with van der Waals surface area (Å²) in [5.74, 6) is 2.02. The summed E-state index contributed by atoms with van der Waals surface area (Å²) in [4.78, 5) is 17.0. The number of amides is 1. The summed E-state index contributed by atoms with van der Waals surface area (Å²) in [6.45, 7) is 9.93. The van der Waals surface area contributed by atoms with E-state index < -0.39 is 0 Å². The van der Waals surface area contributed by atoms with Gasteiger partial charge in [-0.15, -0.1) is 16.9 Å². The molecule has 0 N–H and O–H groups in total. The van der Waals surface area contributed by atoms with E-state index in [0.717, 1.165) is 22.7 Å². The molecule has 0 radical (unpaired) electrons. The van der Waals surface area contributed by atoms with Crippen LogP contribution in [0.1, 0.15) is 62.2 Å². The highest BCUT2D eigenvalue weighted by atomic mass is 32.2. The zero-order chi connectivity index (χ0) is 32.8. The second kappa shape index (κ2) is 12.3. The number of nitrogens with zero attached hydrogens (tertiary/aromatic N) is 6. The van der Waals surface area contributed by atoms with Gasteiger partial charge >= 0.3 is 0 Å². The summed E-state index contributed by atoms with van der Waals surface area (Å²) in [6, 6.07) is 37.2. The van der Waals surface area contributed by atoms with Crippen LogP contribution >= 0.6 is 11.8 Å². The van der Waals surface area contributed by atoms with E-state index in [-0.39, 0.29) is 28.1 Å². The Morgan fingerprint density at radius 1 is 0.872 bits per heavy atom. The van der Waals surface area contributed by atoms with Gasteiger partial charge in [0.25, 0.3) is 5.91 Å². The zero-order valence-electron chi connectivity index (χ0n) is 27.5. The first-order chi connectivity index (χ1) is 22.7. The lowest BCUT2D eigenvalue weighted by Gasteiger charge is -2.53. The van der Waals surface area contributed by atoms with E-state index in [1.165, 1.54) is 11.1 Å². The summed E-state index contributed by atoms with van der Waals surface area (Å²) < 4.78 is 7.49. The lowest BCUT2D eigenvalue weighted by molar-refractivity contribution is -0.154. The number of para-hydroxylation sites is 3. The third-order valence-electron chi connectivity index (χ3n) is 9.72. The average molecular weight is 646 g/mol. The van der Waals surface area contributed by atoms with Crippen LogP contribution in [-0.4, -0.2) is 54.3 Å². The van der Waals surface area contributed by atoms with Gasteiger partial charge in [-0.25, -0.2) is 9.16 Å². The number of aromatic nitrogens is 4. The van der Waals surface area contributed by atoms with Crippen molar-refractivity contribution in [3.63, 3.8) is 0 Å². The van der Waals surface area contributed by atoms with Gasteiger partial charge < -0.3 is 9.64 Å². The number of thioether (sulfide) groups is 1. The Morgan fingerprint density at radius 2 is 1.49 bits per heavy atom. The largest absolute Gasteiger partial charge is 0.496 e. The summed E-state index contributed by atoms with van der Waals surface area (Å²) in [7, 11) is 1.67. The van der Waals surface area contributed by atoms with Crippen molar-refractivity contribution in [2.75, 3.05) is 7.11 Å². The number of fused-ring (bicyclic) bond motifs is 1. The van der Waals surface area contributed by atoms with Gasteiger partial charge in [-0.1, -0.05) is 92.7 Å². The third-order valence-corrected chi connectivity index (χ3v) is 11.3. The molecule has 47 heavy (non-hydrogen) atoms. The molecule has 0 spiro atoms. The van der Waals surface area contributed by atoms with Crippen LogP contribution in [0.5, 0.6) is 5.75 Å². The molecule has 3 atom stereocenters. The van der Waals surface area contributed by atoms with Crippen molar-refractivity contribution in [2.24, 2.45) is 0 Å². The van der Waals surface area contributed by atoms with Crippen LogP contribution in [0.25, 0.3) is 0 Å². The fraction of sp³-hybridized carbons (Fsp3) is 0.316. The molecule has 0 saturated carbocycles. The maximum atomic E-state index is 14.9. The number of rotatable bonds is 10. The van der Waals surface area contributed by atoms with E-state index in [2.05, 4.69) is 116 Å². The van der Waals surface area contributed by atoms with Gasteiger partial charge in [0.15, 0.2) is 5.82 Å². The average Bonchev–Trinajstić information content (AvgIpc) is 3.63. The SMILES string of the molecule is COc1ccccc1Cn1nnnc1C1N2C(=O)C([N+](Cc3ccc(C(C)C)cc3)(c3ccccc3)c3ccccc3)[C@@H]2SC1(C)C. The monoisotopic (exact) mass is 645 g/mol. The minimum absolute atomic E-state index is 0.0886. The number of ether oxygens (including phenoxy) is 1. The fourth-order valence-electron chi connectivity index (χ4n) is 7.37. The molecule has 0 bridgehead atoms. The van der Waals surface area contributed by atoms with E-state index in [9.17, 15) is 4.79 Å². The molecule has 9 heteroatoms. The molecule has 3 heterocycles. The highest BCUT2D eigenvalue weighted by molar-refractivity contribution is 8.01. The van der Waals surface area contributed by atoms with Crippen LogP contribution in [-0.2, 0) is 17.9 Å².